The molecule has 2 unspecified atom stereocenters. The zero-order valence-corrected chi connectivity index (χ0v) is 12.9. The van der Waals surface area contributed by atoms with Crippen molar-refractivity contribution >= 4 is 28.9 Å². The van der Waals surface area contributed by atoms with Gasteiger partial charge in [0.15, 0.2) is 0 Å². The fourth-order valence-electron chi connectivity index (χ4n) is 2.86. The molecule has 2 rings (SSSR count). The molecule has 1 aliphatic rings. The molecule has 0 aliphatic heterocycles. The fourth-order valence-corrected chi connectivity index (χ4v) is 3.69. The van der Waals surface area contributed by atoms with Gasteiger partial charge in [-0.3, -0.25) is 10.1 Å². The van der Waals surface area contributed by atoms with Gasteiger partial charge in [-0.1, -0.05) is 25.4 Å². The Morgan fingerprint density at radius 2 is 2.10 bits per heavy atom. The molecule has 20 heavy (non-hydrogen) atoms. The lowest BCUT2D eigenvalue weighted by Gasteiger charge is -2.52. The number of nitro benzene ring substituents is 1. The fraction of sp³-hybridized carbons (Fsp3) is 0.571. The predicted molar refractivity (Wildman–Crippen MR) is 79.8 cm³/mol. The first-order valence-electron chi connectivity index (χ1n) is 6.69. The minimum atomic E-state index is -0.476. The third kappa shape index (κ3) is 2.47. The highest BCUT2D eigenvalue weighted by atomic mass is 35.5. The molecule has 4 nitrogen and oxygen atoms in total. The minimum Gasteiger partial charge on any atom is -0.488 e. The number of non-ortho nitro benzene ring substituents is 1. The lowest BCUT2D eigenvalue weighted by atomic mass is 9.62. The second-order valence-electron chi connectivity index (χ2n) is 5.12. The number of nitro groups is 1. The Morgan fingerprint density at radius 3 is 2.55 bits per heavy atom. The molecule has 6 heteroatoms. The van der Waals surface area contributed by atoms with E-state index in [1.54, 1.807) is 6.07 Å². The Kier molecular flexibility index (Phi) is 4.45. The summed E-state index contributed by atoms with van der Waals surface area (Å²) < 4.78 is 5.95. The van der Waals surface area contributed by atoms with Crippen LogP contribution in [0.15, 0.2) is 18.2 Å². The molecule has 1 aliphatic carbocycles. The summed E-state index contributed by atoms with van der Waals surface area (Å²) in [7, 11) is 0. The number of alkyl halides is 1. The number of hydrogen-bond acceptors (Lipinski definition) is 3. The molecule has 0 aromatic heterocycles. The van der Waals surface area contributed by atoms with Gasteiger partial charge in [0.25, 0.3) is 5.69 Å². The SMILES string of the molecule is CCC1(CC)C(Cl)CC1Oc1ccc([N+](=O)[O-])cc1Cl. The second-order valence-corrected chi connectivity index (χ2v) is 6.06. The lowest BCUT2D eigenvalue weighted by molar-refractivity contribution is -0.384. The molecule has 110 valence electrons. The van der Waals surface area contributed by atoms with Gasteiger partial charge in [-0.15, -0.1) is 11.6 Å². The largest absolute Gasteiger partial charge is 0.488 e. The second kappa shape index (κ2) is 5.78. The Labute approximate surface area is 128 Å². The summed E-state index contributed by atoms with van der Waals surface area (Å²) in [6.07, 6.45) is 2.66. The molecule has 0 saturated heterocycles. The number of benzene rings is 1. The Morgan fingerprint density at radius 1 is 1.45 bits per heavy atom. The summed E-state index contributed by atoms with van der Waals surface area (Å²) in [6, 6.07) is 4.27. The zero-order chi connectivity index (χ0) is 14.9. The van der Waals surface area contributed by atoms with Crippen LogP contribution in [0.4, 0.5) is 5.69 Å². The number of halogens is 2. The highest BCUT2D eigenvalue weighted by molar-refractivity contribution is 6.32. The van der Waals surface area contributed by atoms with E-state index in [4.69, 9.17) is 27.9 Å². The molecule has 0 spiro atoms. The van der Waals surface area contributed by atoms with E-state index in [0.29, 0.717) is 5.75 Å². The molecule has 0 amide bonds. The summed E-state index contributed by atoms with van der Waals surface area (Å²) in [6.45, 7) is 4.21. The smallest absolute Gasteiger partial charge is 0.271 e. The van der Waals surface area contributed by atoms with Crippen LogP contribution in [0.5, 0.6) is 5.75 Å². The molecule has 0 N–H and O–H groups in total. The van der Waals surface area contributed by atoms with E-state index >= 15 is 0 Å². The quantitative estimate of drug-likeness (QED) is 0.444. The number of hydrogen-bond donors (Lipinski definition) is 0. The van der Waals surface area contributed by atoms with E-state index in [1.807, 2.05) is 0 Å². The maximum atomic E-state index is 10.7. The van der Waals surface area contributed by atoms with Crippen molar-refractivity contribution < 1.29 is 9.66 Å². The number of ether oxygens (including phenoxy) is 1. The third-order valence-corrected chi connectivity index (χ3v) is 5.31. The molecule has 1 saturated carbocycles. The highest BCUT2D eigenvalue weighted by Gasteiger charge is 2.53. The molecule has 0 heterocycles. The molecule has 2 atom stereocenters. The highest BCUT2D eigenvalue weighted by Crippen LogP contribution is 2.52. The molecule has 1 aromatic carbocycles. The van der Waals surface area contributed by atoms with Crippen molar-refractivity contribution in [1.82, 2.24) is 0 Å². The van der Waals surface area contributed by atoms with Crippen molar-refractivity contribution in [3.63, 3.8) is 0 Å². The van der Waals surface area contributed by atoms with Crippen molar-refractivity contribution in [1.29, 1.82) is 0 Å². The van der Waals surface area contributed by atoms with Crippen molar-refractivity contribution in [3.05, 3.63) is 33.3 Å². The van der Waals surface area contributed by atoms with Crippen molar-refractivity contribution in [2.24, 2.45) is 5.41 Å². The summed E-state index contributed by atoms with van der Waals surface area (Å²) in [5, 5.41) is 11.1. The molecular formula is C14H17Cl2NO3. The Hall–Kier alpha value is -1.00. The van der Waals surface area contributed by atoms with Gasteiger partial charge in [-0.2, -0.15) is 0 Å². The summed E-state index contributed by atoms with van der Waals surface area (Å²) in [5.74, 6) is 0.483. The maximum Gasteiger partial charge on any atom is 0.271 e. The van der Waals surface area contributed by atoms with E-state index in [-0.39, 0.29) is 27.6 Å². The van der Waals surface area contributed by atoms with E-state index < -0.39 is 4.92 Å². The summed E-state index contributed by atoms with van der Waals surface area (Å²) in [4.78, 5) is 10.2. The minimum absolute atomic E-state index is 0.0129. The van der Waals surface area contributed by atoms with Gasteiger partial charge in [0.2, 0.25) is 0 Å². The molecule has 0 bridgehead atoms. The van der Waals surface area contributed by atoms with Crippen molar-refractivity contribution in [2.45, 2.75) is 44.6 Å². The summed E-state index contributed by atoms with van der Waals surface area (Å²) in [5.41, 5.74) is -0.0736. The average molecular weight is 318 g/mol. The van der Waals surface area contributed by atoms with Gasteiger partial charge in [-0.05, 0) is 18.9 Å². The van der Waals surface area contributed by atoms with E-state index in [9.17, 15) is 10.1 Å². The van der Waals surface area contributed by atoms with Crippen molar-refractivity contribution in [3.8, 4) is 5.75 Å². The molecule has 1 fully saturated rings. The van der Waals surface area contributed by atoms with Crippen LogP contribution in [0.25, 0.3) is 0 Å². The molecule has 0 radical (unpaired) electrons. The monoisotopic (exact) mass is 317 g/mol. The van der Waals surface area contributed by atoms with Crippen LogP contribution in [0, 0.1) is 15.5 Å². The molecule has 1 aromatic rings. The lowest BCUT2D eigenvalue weighted by Crippen LogP contribution is -2.56. The van der Waals surface area contributed by atoms with Gasteiger partial charge in [-0.25, -0.2) is 0 Å². The van der Waals surface area contributed by atoms with Crippen LogP contribution < -0.4 is 4.74 Å². The van der Waals surface area contributed by atoms with Crippen LogP contribution >= 0.6 is 23.2 Å². The van der Waals surface area contributed by atoms with Gasteiger partial charge in [0, 0.05) is 29.3 Å². The first-order chi connectivity index (χ1) is 9.44. The van der Waals surface area contributed by atoms with Crippen LogP contribution in [-0.4, -0.2) is 16.4 Å². The predicted octanol–water partition coefficient (Wildman–Crippen LogP) is 4.81. The van der Waals surface area contributed by atoms with Crippen LogP contribution in [0.1, 0.15) is 33.1 Å². The van der Waals surface area contributed by atoms with Gasteiger partial charge in [0.1, 0.15) is 11.9 Å². The Bertz CT molecular complexity index is 517. The van der Waals surface area contributed by atoms with Crippen LogP contribution in [0.2, 0.25) is 5.02 Å². The van der Waals surface area contributed by atoms with E-state index in [0.717, 1.165) is 19.3 Å². The maximum absolute atomic E-state index is 10.7. The molecular weight excluding hydrogens is 301 g/mol. The standard InChI is InChI=1S/C14H17Cl2NO3/c1-3-14(4-2)12(16)8-13(14)20-11-6-5-9(17(18)19)7-10(11)15/h5-7,12-13H,3-4,8H2,1-2H3. The first kappa shape index (κ1) is 15.4. The Balaban J connectivity index is 2.17. The number of nitrogens with zero attached hydrogens (tertiary/aromatic N) is 1. The van der Waals surface area contributed by atoms with E-state index in [2.05, 4.69) is 13.8 Å². The normalized spacial score (nSPS) is 24.0. The van der Waals surface area contributed by atoms with Crippen molar-refractivity contribution in [2.75, 3.05) is 0 Å². The number of rotatable bonds is 5. The van der Waals surface area contributed by atoms with Crippen LogP contribution in [-0.2, 0) is 0 Å². The average Bonchev–Trinajstić information content (AvgIpc) is 2.41. The zero-order valence-electron chi connectivity index (χ0n) is 11.4. The first-order valence-corrected chi connectivity index (χ1v) is 7.50. The summed E-state index contributed by atoms with van der Waals surface area (Å²) >= 11 is 12.4. The van der Waals surface area contributed by atoms with Crippen LogP contribution in [0.3, 0.4) is 0 Å². The van der Waals surface area contributed by atoms with Gasteiger partial charge in [0.05, 0.1) is 9.95 Å². The van der Waals surface area contributed by atoms with Gasteiger partial charge >= 0.3 is 0 Å². The van der Waals surface area contributed by atoms with E-state index in [1.165, 1.54) is 12.1 Å². The third-order valence-electron chi connectivity index (χ3n) is 4.40. The topological polar surface area (TPSA) is 52.4 Å². The van der Waals surface area contributed by atoms with Gasteiger partial charge < -0.3 is 4.74 Å².